The van der Waals surface area contributed by atoms with E-state index in [1.54, 1.807) is 6.20 Å². The fourth-order valence-corrected chi connectivity index (χ4v) is 2.42. The molecule has 26 heavy (non-hydrogen) atoms. The minimum atomic E-state index is 0.186. The van der Waals surface area contributed by atoms with Gasteiger partial charge < -0.3 is 15.0 Å². The summed E-state index contributed by atoms with van der Waals surface area (Å²) in [5.41, 5.74) is 4.33. The first-order chi connectivity index (χ1) is 12.6. The minimum Gasteiger partial charge on any atom is -0.378 e. The number of carbonyl (C=O) groups excluding carboxylic acids is 1. The summed E-state index contributed by atoms with van der Waals surface area (Å²) in [5, 5.41) is 5.05. The fourth-order valence-electron chi connectivity index (χ4n) is 2.42. The molecule has 1 aromatic rings. The Hall–Kier alpha value is -1.58. The SMILES string of the molecule is CNCN(C)CC(=O)N1CCOCC1.CNN(C)CCc1cccnc1. The van der Waals surface area contributed by atoms with Crippen LogP contribution < -0.4 is 10.7 Å². The first kappa shape index (κ1) is 22.5. The summed E-state index contributed by atoms with van der Waals surface area (Å²) < 4.78 is 5.18. The van der Waals surface area contributed by atoms with Crippen LogP contribution in [0, 0.1) is 0 Å². The molecule has 1 amide bonds. The Labute approximate surface area is 157 Å². The van der Waals surface area contributed by atoms with Crippen LogP contribution in [0.15, 0.2) is 24.5 Å². The van der Waals surface area contributed by atoms with E-state index in [0.717, 1.165) is 32.7 Å². The number of ether oxygens (including phenoxy) is 1. The van der Waals surface area contributed by atoms with Crippen LogP contribution in [0.2, 0.25) is 0 Å². The predicted molar refractivity (Wildman–Crippen MR) is 104 cm³/mol. The highest BCUT2D eigenvalue weighted by Gasteiger charge is 2.17. The number of hydrogen-bond donors (Lipinski definition) is 2. The maximum atomic E-state index is 11.7. The van der Waals surface area contributed by atoms with Gasteiger partial charge in [0, 0.05) is 45.7 Å². The highest BCUT2D eigenvalue weighted by Crippen LogP contribution is 1.98. The molecule has 1 aliphatic rings. The molecular weight excluding hydrogens is 332 g/mol. The molecule has 0 unspecified atom stereocenters. The van der Waals surface area contributed by atoms with E-state index in [9.17, 15) is 4.79 Å². The van der Waals surface area contributed by atoms with Crippen LogP contribution in [0.5, 0.6) is 0 Å². The predicted octanol–water partition coefficient (Wildman–Crippen LogP) is -0.356. The average Bonchev–Trinajstić information content (AvgIpc) is 2.68. The van der Waals surface area contributed by atoms with Gasteiger partial charge in [0.05, 0.1) is 19.8 Å². The zero-order valence-corrected chi connectivity index (χ0v) is 16.6. The van der Waals surface area contributed by atoms with Crippen molar-refractivity contribution in [1.82, 2.24) is 30.5 Å². The molecule has 8 heteroatoms. The summed E-state index contributed by atoms with van der Waals surface area (Å²) in [6.07, 6.45) is 4.74. The largest absolute Gasteiger partial charge is 0.378 e. The molecule has 2 heterocycles. The van der Waals surface area contributed by atoms with E-state index >= 15 is 0 Å². The average molecular weight is 367 g/mol. The molecule has 0 bridgehead atoms. The summed E-state index contributed by atoms with van der Waals surface area (Å²) in [6, 6.07) is 4.06. The van der Waals surface area contributed by atoms with E-state index in [4.69, 9.17) is 4.74 Å². The Morgan fingerprint density at radius 1 is 1.31 bits per heavy atom. The van der Waals surface area contributed by atoms with Gasteiger partial charge in [0.2, 0.25) is 5.91 Å². The number of pyridine rings is 1. The summed E-state index contributed by atoms with van der Waals surface area (Å²) in [6.45, 7) is 5.00. The standard InChI is InChI=1S/C9H19N3O2.C9H15N3/c1-10-8-11(2)7-9(13)12-3-5-14-6-4-12;1-10-12(2)7-5-9-4-3-6-11-8-9/h10H,3-8H2,1-2H3;3-4,6,8,10H,5,7H2,1-2H3. The van der Waals surface area contributed by atoms with Crippen molar-refractivity contribution < 1.29 is 9.53 Å². The molecule has 1 aromatic heterocycles. The van der Waals surface area contributed by atoms with E-state index in [1.807, 2.05) is 55.3 Å². The lowest BCUT2D eigenvalue weighted by Crippen LogP contribution is -2.46. The van der Waals surface area contributed by atoms with Gasteiger partial charge in [-0.25, -0.2) is 5.01 Å². The number of amides is 1. The lowest BCUT2D eigenvalue weighted by Gasteiger charge is -2.28. The smallest absolute Gasteiger partial charge is 0.236 e. The number of carbonyl (C=O) groups is 1. The highest BCUT2D eigenvalue weighted by molar-refractivity contribution is 5.78. The van der Waals surface area contributed by atoms with Crippen molar-refractivity contribution >= 4 is 5.91 Å². The third-order valence-electron chi connectivity index (χ3n) is 4.04. The van der Waals surface area contributed by atoms with Crippen molar-refractivity contribution in [2.24, 2.45) is 0 Å². The molecule has 0 atom stereocenters. The molecule has 0 saturated carbocycles. The zero-order valence-electron chi connectivity index (χ0n) is 16.6. The Bertz CT molecular complexity index is 482. The van der Waals surface area contributed by atoms with Crippen LogP contribution in [-0.4, -0.2) is 100.0 Å². The third kappa shape index (κ3) is 9.79. The van der Waals surface area contributed by atoms with E-state index in [2.05, 4.69) is 21.8 Å². The number of hydrogen-bond acceptors (Lipinski definition) is 7. The second-order valence-electron chi connectivity index (χ2n) is 6.28. The Kier molecular flexibility index (Phi) is 11.7. The van der Waals surface area contributed by atoms with Gasteiger partial charge in [0.1, 0.15) is 0 Å². The maximum absolute atomic E-state index is 11.7. The van der Waals surface area contributed by atoms with E-state index < -0.39 is 0 Å². The Morgan fingerprint density at radius 3 is 2.62 bits per heavy atom. The second-order valence-corrected chi connectivity index (χ2v) is 6.28. The summed E-state index contributed by atoms with van der Waals surface area (Å²) in [5.74, 6) is 0.186. The molecule has 148 valence electrons. The summed E-state index contributed by atoms with van der Waals surface area (Å²) in [4.78, 5) is 19.5. The van der Waals surface area contributed by atoms with Crippen LogP contribution in [-0.2, 0) is 16.0 Å². The lowest BCUT2D eigenvalue weighted by molar-refractivity contribution is -0.136. The van der Waals surface area contributed by atoms with Gasteiger partial charge in [-0.3, -0.25) is 20.1 Å². The molecule has 1 aliphatic heterocycles. The fraction of sp³-hybridized carbons (Fsp3) is 0.667. The molecule has 1 fully saturated rings. The van der Waals surface area contributed by atoms with Crippen LogP contribution >= 0.6 is 0 Å². The summed E-state index contributed by atoms with van der Waals surface area (Å²) in [7, 11) is 7.74. The van der Waals surface area contributed by atoms with E-state index in [-0.39, 0.29) is 5.91 Å². The van der Waals surface area contributed by atoms with Crippen molar-refractivity contribution in [3.63, 3.8) is 0 Å². The quantitative estimate of drug-likeness (QED) is 0.481. The molecule has 2 N–H and O–H groups in total. The highest BCUT2D eigenvalue weighted by atomic mass is 16.5. The molecule has 0 aromatic carbocycles. The first-order valence-corrected chi connectivity index (χ1v) is 9.03. The van der Waals surface area contributed by atoms with Gasteiger partial charge in [-0.15, -0.1) is 0 Å². The molecule has 0 aliphatic carbocycles. The Morgan fingerprint density at radius 2 is 2.04 bits per heavy atom. The van der Waals surface area contributed by atoms with Gasteiger partial charge in [-0.2, -0.15) is 0 Å². The number of likely N-dealkylation sites (N-methyl/N-ethyl adjacent to an activating group) is 2. The van der Waals surface area contributed by atoms with Crippen LogP contribution in [0.25, 0.3) is 0 Å². The van der Waals surface area contributed by atoms with Gasteiger partial charge >= 0.3 is 0 Å². The molecular formula is C18H34N6O2. The van der Waals surface area contributed by atoms with Gasteiger partial charge in [0.15, 0.2) is 0 Å². The summed E-state index contributed by atoms with van der Waals surface area (Å²) >= 11 is 0. The van der Waals surface area contributed by atoms with Crippen LogP contribution in [0.3, 0.4) is 0 Å². The van der Waals surface area contributed by atoms with Gasteiger partial charge in [-0.1, -0.05) is 6.07 Å². The van der Waals surface area contributed by atoms with Crippen molar-refractivity contribution in [2.75, 3.05) is 74.3 Å². The number of aromatic nitrogens is 1. The maximum Gasteiger partial charge on any atom is 0.236 e. The number of nitrogens with zero attached hydrogens (tertiary/aromatic N) is 4. The molecule has 2 rings (SSSR count). The molecule has 0 spiro atoms. The number of nitrogens with one attached hydrogen (secondary N) is 2. The minimum absolute atomic E-state index is 0.186. The van der Waals surface area contributed by atoms with Crippen molar-refractivity contribution in [2.45, 2.75) is 6.42 Å². The normalized spacial score (nSPS) is 14.3. The molecule has 1 saturated heterocycles. The zero-order chi connectivity index (χ0) is 19.2. The van der Waals surface area contributed by atoms with E-state index in [1.165, 1.54) is 5.56 Å². The third-order valence-corrected chi connectivity index (χ3v) is 4.04. The monoisotopic (exact) mass is 366 g/mol. The van der Waals surface area contributed by atoms with Crippen molar-refractivity contribution in [3.05, 3.63) is 30.1 Å². The Balaban J connectivity index is 0.000000263. The van der Waals surface area contributed by atoms with Crippen LogP contribution in [0.1, 0.15) is 5.56 Å². The second kappa shape index (κ2) is 13.6. The van der Waals surface area contributed by atoms with Gasteiger partial charge in [0.25, 0.3) is 0 Å². The first-order valence-electron chi connectivity index (χ1n) is 9.03. The van der Waals surface area contributed by atoms with E-state index in [0.29, 0.717) is 19.8 Å². The number of hydrazine groups is 1. The number of morpholine rings is 1. The lowest BCUT2D eigenvalue weighted by atomic mass is 10.2. The molecule has 0 radical (unpaired) electrons. The van der Waals surface area contributed by atoms with Crippen molar-refractivity contribution in [1.29, 1.82) is 0 Å². The topological polar surface area (TPSA) is 73.0 Å². The number of rotatable bonds is 8. The molecule has 8 nitrogen and oxygen atoms in total. The van der Waals surface area contributed by atoms with Crippen LogP contribution in [0.4, 0.5) is 0 Å². The van der Waals surface area contributed by atoms with Crippen molar-refractivity contribution in [3.8, 4) is 0 Å². The van der Waals surface area contributed by atoms with Gasteiger partial charge in [-0.05, 0) is 39.2 Å².